The molecular formula is C50H31NS2. The molecule has 0 aliphatic carbocycles. The summed E-state index contributed by atoms with van der Waals surface area (Å²) < 4.78 is 3.90. The van der Waals surface area contributed by atoms with Gasteiger partial charge in [0, 0.05) is 42.2 Å². The molecule has 1 aliphatic rings. The van der Waals surface area contributed by atoms with E-state index in [0.29, 0.717) is 0 Å². The number of nitrogens with zero attached hydrogens (tertiary/aromatic N) is 1. The lowest BCUT2D eigenvalue weighted by molar-refractivity contribution is 1.43. The Morgan fingerprint density at radius 1 is 0.434 bits per heavy atom. The van der Waals surface area contributed by atoms with Gasteiger partial charge in [0.05, 0.1) is 16.3 Å². The second kappa shape index (κ2) is 12.2. The largest absolute Gasteiger partial charge is 0.250 e. The van der Waals surface area contributed by atoms with Gasteiger partial charge < -0.3 is 0 Å². The third-order valence-corrected chi connectivity index (χ3v) is 13.1. The minimum absolute atomic E-state index is 0.766. The summed E-state index contributed by atoms with van der Waals surface area (Å²) in [5.41, 5.74) is 10.9. The Hall–Kier alpha value is -6.13. The van der Waals surface area contributed by atoms with Crippen molar-refractivity contribution in [2.24, 2.45) is 4.99 Å². The van der Waals surface area contributed by atoms with Crippen LogP contribution in [0.1, 0.15) is 22.4 Å². The molecule has 11 rings (SSSR count). The molecule has 0 saturated carbocycles. The van der Waals surface area contributed by atoms with Crippen LogP contribution < -0.4 is 0 Å². The first-order valence-corrected chi connectivity index (χ1v) is 19.7. The number of thiophene rings is 2. The first kappa shape index (κ1) is 30.5. The predicted molar refractivity (Wildman–Crippen MR) is 231 cm³/mol. The summed E-state index contributed by atoms with van der Waals surface area (Å²) in [7, 11) is 0. The molecule has 0 bridgehead atoms. The van der Waals surface area contributed by atoms with Gasteiger partial charge in [-0.05, 0) is 79.2 Å². The lowest BCUT2D eigenvalue weighted by atomic mass is 9.93. The summed E-state index contributed by atoms with van der Waals surface area (Å²) in [6.07, 6.45) is 3.16. The van der Waals surface area contributed by atoms with E-state index in [0.717, 1.165) is 17.8 Å². The van der Waals surface area contributed by atoms with Crippen LogP contribution in [0.25, 0.3) is 79.6 Å². The van der Waals surface area contributed by atoms with E-state index in [1.807, 2.05) is 22.7 Å². The number of fused-ring (bicyclic) bond motifs is 9. The molecule has 0 radical (unpaired) electrons. The molecule has 0 unspecified atom stereocenters. The van der Waals surface area contributed by atoms with Crippen molar-refractivity contribution < 1.29 is 0 Å². The minimum Gasteiger partial charge on any atom is -0.250 e. The van der Waals surface area contributed by atoms with Gasteiger partial charge in [0.25, 0.3) is 0 Å². The van der Waals surface area contributed by atoms with E-state index < -0.39 is 0 Å². The molecule has 3 heteroatoms. The van der Waals surface area contributed by atoms with Crippen LogP contribution >= 0.6 is 22.7 Å². The highest BCUT2D eigenvalue weighted by Crippen LogP contribution is 2.48. The number of aliphatic imine (C=N–C) groups is 1. The highest BCUT2D eigenvalue weighted by Gasteiger charge is 2.22. The number of allylic oxidation sites excluding steroid dienone is 1. The quantitative estimate of drug-likeness (QED) is 0.172. The second-order valence-electron chi connectivity index (χ2n) is 13.8. The Bertz CT molecular complexity index is 3120. The maximum atomic E-state index is 5.50. The molecule has 53 heavy (non-hydrogen) atoms. The summed E-state index contributed by atoms with van der Waals surface area (Å²) in [6, 6.07) is 62.1. The molecule has 1 aliphatic heterocycles. The van der Waals surface area contributed by atoms with E-state index in [1.54, 1.807) is 0 Å². The second-order valence-corrected chi connectivity index (χ2v) is 15.9. The minimum atomic E-state index is 0.766. The fraction of sp³-hybridized carbons (Fsp3) is 0.0200. The molecule has 0 spiro atoms. The summed E-state index contributed by atoms with van der Waals surface area (Å²) in [4.78, 5) is 6.75. The number of hydrogen-bond acceptors (Lipinski definition) is 3. The van der Waals surface area contributed by atoms with Crippen LogP contribution in [-0.4, -0.2) is 5.71 Å². The smallest absolute Gasteiger partial charge is 0.0898 e. The van der Waals surface area contributed by atoms with Gasteiger partial charge in [-0.15, -0.1) is 22.7 Å². The Labute approximate surface area is 315 Å². The summed E-state index contributed by atoms with van der Waals surface area (Å²) in [5, 5.41) is 8.94. The van der Waals surface area contributed by atoms with Crippen LogP contribution in [0, 0.1) is 0 Å². The van der Waals surface area contributed by atoms with Crippen LogP contribution in [0.15, 0.2) is 181 Å². The molecule has 3 heterocycles. The van der Waals surface area contributed by atoms with Crippen molar-refractivity contribution >= 4 is 91.4 Å². The van der Waals surface area contributed by atoms with Crippen molar-refractivity contribution in [1.82, 2.24) is 0 Å². The van der Waals surface area contributed by atoms with Crippen molar-refractivity contribution in [2.75, 3.05) is 0 Å². The van der Waals surface area contributed by atoms with Crippen LogP contribution in [0.2, 0.25) is 0 Å². The highest BCUT2D eigenvalue weighted by atomic mass is 32.1. The van der Waals surface area contributed by atoms with E-state index in [4.69, 9.17) is 4.99 Å². The molecule has 0 fully saturated rings. The third kappa shape index (κ3) is 5.00. The zero-order valence-electron chi connectivity index (χ0n) is 28.7. The molecule has 8 aromatic carbocycles. The maximum absolute atomic E-state index is 5.50. The number of hydrogen-bond donors (Lipinski definition) is 0. The van der Waals surface area contributed by atoms with Gasteiger partial charge >= 0.3 is 0 Å². The van der Waals surface area contributed by atoms with Crippen molar-refractivity contribution in [3.63, 3.8) is 0 Å². The standard InChI is InChI=1S/C50H31NS2/c1-2-11-32(12-3-1)40-26-27-44(51-48-41-18-8-9-20-45(41)53-50(40)48)36-25-28-46-43(30-36)47-39-17-7-5-14-35(39)29-42(49(47)52-46)34-23-21-33(22-24-34)38-19-10-15-31-13-4-6-16-37(31)38/h1-26,28-30H,27H2. The number of benzene rings is 8. The lowest BCUT2D eigenvalue weighted by Gasteiger charge is -2.11. The summed E-state index contributed by atoms with van der Waals surface area (Å²) >= 11 is 3.75. The van der Waals surface area contributed by atoms with Gasteiger partial charge in [0.15, 0.2) is 0 Å². The number of rotatable bonds is 4. The van der Waals surface area contributed by atoms with Crippen LogP contribution in [0.3, 0.4) is 0 Å². The fourth-order valence-corrected chi connectivity index (χ4v) is 10.6. The molecule has 0 N–H and O–H groups in total. The monoisotopic (exact) mass is 709 g/mol. The first-order chi connectivity index (χ1) is 26.3. The van der Waals surface area contributed by atoms with Crippen molar-refractivity contribution in [3.8, 4) is 22.3 Å². The summed E-state index contributed by atoms with van der Waals surface area (Å²) in [5.74, 6) is 0. The Kier molecular flexibility index (Phi) is 7.04. The average Bonchev–Trinajstić information content (AvgIpc) is 3.72. The van der Waals surface area contributed by atoms with E-state index >= 15 is 0 Å². The molecule has 0 saturated heterocycles. The molecule has 1 nitrogen and oxygen atoms in total. The van der Waals surface area contributed by atoms with Gasteiger partial charge in [0.2, 0.25) is 0 Å². The van der Waals surface area contributed by atoms with E-state index in [9.17, 15) is 0 Å². The van der Waals surface area contributed by atoms with Gasteiger partial charge in [-0.3, -0.25) is 4.99 Å². The van der Waals surface area contributed by atoms with Gasteiger partial charge in [-0.1, -0.05) is 152 Å². The maximum Gasteiger partial charge on any atom is 0.0898 e. The lowest BCUT2D eigenvalue weighted by Crippen LogP contribution is -1.98. The van der Waals surface area contributed by atoms with Crippen LogP contribution in [0.5, 0.6) is 0 Å². The molecule has 248 valence electrons. The molecule has 0 atom stereocenters. The van der Waals surface area contributed by atoms with Gasteiger partial charge in [-0.2, -0.15) is 0 Å². The Morgan fingerprint density at radius 2 is 1.09 bits per heavy atom. The first-order valence-electron chi connectivity index (χ1n) is 18.1. The topological polar surface area (TPSA) is 12.4 Å². The Morgan fingerprint density at radius 3 is 1.94 bits per heavy atom. The zero-order valence-corrected chi connectivity index (χ0v) is 30.3. The molecule has 10 aromatic rings. The summed E-state index contributed by atoms with van der Waals surface area (Å²) in [6.45, 7) is 0. The van der Waals surface area contributed by atoms with E-state index in [2.05, 4.69) is 176 Å². The fourth-order valence-electron chi connectivity index (χ4n) is 8.17. The van der Waals surface area contributed by atoms with Crippen LogP contribution in [0.4, 0.5) is 5.69 Å². The molecular weight excluding hydrogens is 679 g/mol. The third-order valence-electron chi connectivity index (χ3n) is 10.7. The zero-order chi connectivity index (χ0) is 34.9. The molecule has 2 aromatic heterocycles. The van der Waals surface area contributed by atoms with Crippen molar-refractivity contribution in [1.29, 1.82) is 0 Å². The van der Waals surface area contributed by atoms with Crippen molar-refractivity contribution in [3.05, 3.63) is 192 Å². The Balaban J connectivity index is 1.07. The van der Waals surface area contributed by atoms with Crippen molar-refractivity contribution in [2.45, 2.75) is 6.42 Å². The SMILES string of the molecule is C1=C(c2ccccc2)c2sc3ccccc3c2N=C(c2ccc3sc4c(-c5ccc(-c6cccc7ccccc67)cc5)cc5ccccc5c4c3c2)C1. The molecule has 0 amide bonds. The van der Waals surface area contributed by atoms with E-state index in [-0.39, 0.29) is 0 Å². The van der Waals surface area contributed by atoms with Gasteiger partial charge in [0.1, 0.15) is 0 Å². The van der Waals surface area contributed by atoms with E-state index in [1.165, 1.54) is 95.6 Å². The normalized spacial score (nSPS) is 13.1. The van der Waals surface area contributed by atoms with Crippen LogP contribution in [-0.2, 0) is 0 Å². The predicted octanol–water partition coefficient (Wildman–Crippen LogP) is 14.9. The van der Waals surface area contributed by atoms with Gasteiger partial charge in [-0.25, -0.2) is 0 Å². The highest BCUT2D eigenvalue weighted by molar-refractivity contribution is 7.26. The average molecular weight is 710 g/mol.